The van der Waals surface area contributed by atoms with Gasteiger partial charge in [-0.25, -0.2) is 0 Å². The van der Waals surface area contributed by atoms with Crippen LogP contribution in [0.5, 0.6) is 0 Å². The lowest BCUT2D eigenvalue weighted by atomic mass is 10.1. The zero-order valence-corrected chi connectivity index (χ0v) is 13.9. The second-order valence-electron chi connectivity index (χ2n) is 5.97. The Kier molecular flexibility index (Phi) is 5.01. The maximum atomic E-state index is 12.9. The van der Waals surface area contributed by atoms with Gasteiger partial charge in [-0.05, 0) is 36.6 Å². The lowest BCUT2D eigenvalue weighted by Gasteiger charge is -2.19. The largest absolute Gasteiger partial charge is 0.416 e. The minimum Gasteiger partial charge on any atom is -0.323 e. The summed E-state index contributed by atoms with van der Waals surface area (Å²) in [7, 11) is 0. The Bertz CT molecular complexity index is 761. The van der Waals surface area contributed by atoms with E-state index < -0.39 is 23.7 Å². The second kappa shape index (κ2) is 7.06. The molecule has 132 valence electrons. The number of carbonyl (C=O) groups is 1. The fourth-order valence-corrected chi connectivity index (χ4v) is 2.62. The normalized spacial score (nSPS) is 15.7. The van der Waals surface area contributed by atoms with Gasteiger partial charge in [-0.3, -0.25) is 10.1 Å². The van der Waals surface area contributed by atoms with E-state index in [1.54, 1.807) is 24.3 Å². The highest BCUT2D eigenvalue weighted by Gasteiger charge is 2.32. The standard InChI is InChI=1S/C18H16ClF3N2O/c19-14-9-6-12(18(20,21)22)10-15(14)24-17(25)16(23-13-7-8-13)11-4-2-1-3-5-11/h1-6,9-10,13,16,23H,7-8H2,(H,24,25)/t16-/m1/s1. The molecule has 25 heavy (non-hydrogen) atoms. The number of alkyl halides is 3. The number of anilines is 1. The maximum absolute atomic E-state index is 12.9. The summed E-state index contributed by atoms with van der Waals surface area (Å²) >= 11 is 5.96. The first-order chi connectivity index (χ1) is 11.8. The summed E-state index contributed by atoms with van der Waals surface area (Å²) in [5.74, 6) is -0.445. The molecule has 0 heterocycles. The van der Waals surface area contributed by atoms with Crippen molar-refractivity contribution in [1.29, 1.82) is 0 Å². The summed E-state index contributed by atoms with van der Waals surface area (Å²) in [6.45, 7) is 0. The van der Waals surface area contributed by atoms with Crippen LogP contribution >= 0.6 is 11.6 Å². The van der Waals surface area contributed by atoms with E-state index in [9.17, 15) is 18.0 Å². The quantitative estimate of drug-likeness (QED) is 0.796. The summed E-state index contributed by atoms with van der Waals surface area (Å²) in [5.41, 5.74) is -0.173. The highest BCUT2D eigenvalue weighted by atomic mass is 35.5. The molecule has 0 unspecified atom stereocenters. The van der Waals surface area contributed by atoms with Gasteiger partial charge in [0.25, 0.3) is 0 Å². The van der Waals surface area contributed by atoms with E-state index in [1.807, 2.05) is 6.07 Å². The topological polar surface area (TPSA) is 41.1 Å². The molecule has 0 spiro atoms. The Morgan fingerprint density at radius 1 is 1.12 bits per heavy atom. The molecule has 1 aliphatic rings. The molecule has 1 amide bonds. The van der Waals surface area contributed by atoms with E-state index in [0.717, 1.165) is 36.6 Å². The summed E-state index contributed by atoms with van der Waals surface area (Å²) < 4.78 is 38.6. The average molecular weight is 369 g/mol. The van der Waals surface area contributed by atoms with Crippen LogP contribution in [0.25, 0.3) is 0 Å². The predicted octanol–water partition coefficient (Wildman–Crippen LogP) is 4.79. The van der Waals surface area contributed by atoms with Gasteiger partial charge < -0.3 is 5.32 Å². The van der Waals surface area contributed by atoms with Crippen molar-refractivity contribution in [2.45, 2.75) is 31.1 Å². The average Bonchev–Trinajstić information content (AvgIpc) is 3.38. The van der Waals surface area contributed by atoms with Crippen LogP contribution in [0, 0.1) is 0 Å². The van der Waals surface area contributed by atoms with Crippen LogP contribution < -0.4 is 10.6 Å². The Labute approximate surface area is 148 Å². The van der Waals surface area contributed by atoms with Crippen molar-refractivity contribution in [3.05, 3.63) is 64.7 Å². The number of benzene rings is 2. The molecule has 2 N–H and O–H groups in total. The van der Waals surface area contributed by atoms with Crippen LogP contribution in [0.15, 0.2) is 48.5 Å². The van der Waals surface area contributed by atoms with Crippen LogP contribution in [0.2, 0.25) is 5.02 Å². The first kappa shape index (κ1) is 17.8. The SMILES string of the molecule is O=C(Nc1cc(C(F)(F)F)ccc1Cl)[C@H](NC1CC1)c1ccccc1. The molecule has 0 aliphatic heterocycles. The minimum atomic E-state index is -4.50. The predicted molar refractivity (Wildman–Crippen MR) is 90.4 cm³/mol. The van der Waals surface area contributed by atoms with Crippen molar-refractivity contribution in [1.82, 2.24) is 5.32 Å². The first-order valence-corrected chi connectivity index (χ1v) is 8.21. The summed E-state index contributed by atoms with van der Waals surface area (Å²) in [5, 5.41) is 5.79. The second-order valence-corrected chi connectivity index (χ2v) is 6.37. The molecule has 2 aromatic rings. The van der Waals surface area contributed by atoms with Crippen molar-refractivity contribution < 1.29 is 18.0 Å². The number of rotatable bonds is 5. The lowest BCUT2D eigenvalue weighted by molar-refractivity contribution is -0.137. The number of halogens is 4. The smallest absolute Gasteiger partial charge is 0.323 e. The minimum absolute atomic E-state index is 0.0552. The van der Waals surface area contributed by atoms with E-state index in [0.29, 0.717) is 0 Å². The van der Waals surface area contributed by atoms with Crippen molar-refractivity contribution in [2.24, 2.45) is 0 Å². The maximum Gasteiger partial charge on any atom is 0.416 e. The third-order valence-corrected chi connectivity index (χ3v) is 4.26. The molecule has 2 aromatic carbocycles. The van der Waals surface area contributed by atoms with E-state index in [1.165, 1.54) is 0 Å². The zero-order valence-electron chi connectivity index (χ0n) is 13.1. The van der Waals surface area contributed by atoms with Crippen LogP contribution in [-0.4, -0.2) is 11.9 Å². The van der Waals surface area contributed by atoms with Crippen molar-refractivity contribution in [2.75, 3.05) is 5.32 Å². The van der Waals surface area contributed by atoms with Gasteiger partial charge in [-0.2, -0.15) is 13.2 Å². The number of carbonyl (C=O) groups excluding carboxylic acids is 1. The molecule has 0 bridgehead atoms. The molecule has 1 aliphatic carbocycles. The molecule has 0 saturated heterocycles. The molecule has 1 atom stereocenters. The van der Waals surface area contributed by atoms with Crippen LogP contribution in [0.4, 0.5) is 18.9 Å². The fraction of sp³-hybridized carbons (Fsp3) is 0.278. The van der Waals surface area contributed by atoms with Crippen molar-refractivity contribution >= 4 is 23.2 Å². The van der Waals surface area contributed by atoms with Crippen LogP contribution in [0.1, 0.15) is 30.0 Å². The number of hydrogen-bond donors (Lipinski definition) is 2. The first-order valence-electron chi connectivity index (χ1n) is 7.83. The molecule has 7 heteroatoms. The number of amides is 1. The van der Waals surface area contributed by atoms with Crippen LogP contribution in [-0.2, 0) is 11.0 Å². The Morgan fingerprint density at radius 3 is 2.40 bits per heavy atom. The zero-order chi connectivity index (χ0) is 18.0. The van der Waals surface area contributed by atoms with Gasteiger partial charge in [-0.15, -0.1) is 0 Å². The Balaban J connectivity index is 1.84. The summed E-state index contributed by atoms with van der Waals surface area (Å²) in [4.78, 5) is 12.7. The van der Waals surface area contributed by atoms with Crippen molar-refractivity contribution in [3.8, 4) is 0 Å². The van der Waals surface area contributed by atoms with Gasteiger partial charge in [-0.1, -0.05) is 41.9 Å². The van der Waals surface area contributed by atoms with E-state index in [2.05, 4.69) is 10.6 Å². The molecular weight excluding hydrogens is 353 g/mol. The Hall–Kier alpha value is -2.05. The van der Waals surface area contributed by atoms with Crippen molar-refractivity contribution in [3.63, 3.8) is 0 Å². The molecule has 1 fully saturated rings. The molecule has 0 aromatic heterocycles. The highest BCUT2D eigenvalue weighted by Crippen LogP contribution is 2.34. The fourth-order valence-electron chi connectivity index (χ4n) is 2.46. The molecular formula is C18H16ClF3N2O. The summed E-state index contributed by atoms with van der Waals surface area (Å²) in [6.07, 6.45) is -2.56. The van der Waals surface area contributed by atoms with Crippen LogP contribution in [0.3, 0.4) is 0 Å². The van der Waals surface area contributed by atoms with Gasteiger partial charge in [0.05, 0.1) is 16.3 Å². The monoisotopic (exact) mass is 368 g/mol. The van der Waals surface area contributed by atoms with E-state index in [-0.39, 0.29) is 16.8 Å². The van der Waals surface area contributed by atoms with Gasteiger partial charge in [0.2, 0.25) is 5.91 Å². The molecule has 3 rings (SSSR count). The van der Waals surface area contributed by atoms with E-state index >= 15 is 0 Å². The number of nitrogens with one attached hydrogen (secondary N) is 2. The van der Waals surface area contributed by atoms with Gasteiger partial charge in [0.15, 0.2) is 0 Å². The molecule has 3 nitrogen and oxygen atoms in total. The third kappa shape index (κ3) is 4.52. The molecule has 0 radical (unpaired) electrons. The van der Waals surface area contributed by atoms with E-state index in [4.69, 9.17) is 11.6 Å². The Morgan fingerprint density at radius 2 is 1.80 bits per heavy atom. The number of hydrogen-bond acceptors (Lipinski definition) is 2. The lowest BCUT2D eigenvalue weighted by Crippen LogP contribution is -2.34. The van der Waals surface area contributed by atoms with Gasteiger partial charge >= 0.3 is 6.18 Å². The van der Waals surface area contributed by atoms with Gasteiger partial charge in [0, 0.05) is 6.04 Å². The summed E-state index contributed by atoms with van der Waals surface area (Å²) in [6, 6.07) is 11.5. The molecule has 1 saturated carbocycles. The highest BCUT2D eigenvalue weighted by molar-refractivity contribution is 6.33. The van der Waals surface area contributed by atoms with Gasteiger partial charge in [0.1, 0.15) is 6.04 Å². The third-order valence-electron chi connectivity index (χ3n) is 3.93.